The van der Waals surface area contributed by atoms with E-state index in [-0.39, 0.29) is 6.09 Å². The van der Waals surface area contributed by atoms with E-state index in [1.54, 1.807) is 0 Å². The van der Waals surface area contributed by atoms with E-state index in [4.69, 9.17) is 4.74 Å². The summed E-state index contributed by atoms with van der Waals surface area (Å²) in [5.74, 6) is 2.18. The van der Waals surface area contributed by atoms with E-state index in [1.165, 1.54) is 0 Å². The Morgan fingerprint density at radius 1 is 1.62 bits per heavy atom. The smallest absolute Gasteiger partial charge is 0.410 e. The van der Waals surface area contributed by atoms with Crippen LogP contribution in [0, 0.1) is 0 Å². The van der Waals surface area contributed by atoms with Gasteiger partial charge in [0.2, 0.25) is 0 Å². The largest absolute Gasteiger partial charge is 0.450 e. The SMILES string of the molecule is CCOC(=O)N1CCSCCC1C. The van der Waals surface area contributed by atoms with Gasteiger partial charge in [-0.2, -0.15) is 11.8 Å². The van der Waals surface area contributed by atoms with Gasteiger partial charge in [-0.1, -0.05) is 0 Å². The zero-order valence-electron chi connectivity index (χ0n) is 8.28. The minimum Gasteiger partial charge on any atom is -0.450 e. The molecule has 1 fully saturated rings. The van der Waals surface area contributed by atoms with E-state index in [0.717, 1.165) is 24.5 Å². The van der Waals surface area contributed by atoms with E-state index in [0.29, 0.717) is 12.6 Å². The van der Waals surface area contributed by atoms with Crippen molar-refractivity contribution in [2.45, 2.75) is 26.3 Å². The molecular formula is C9H17NO2S. The lowest BCUT2D eigenvalue weighted by Crippen LogP contribution is -2.39. The fourth-order valence-electron chi connectivity index (χ4n) is 1.37. The monoisotopic (exact) mass is 203 g/mol. The highest BCUT2D eigenvalue weighted by Crippen LogP contribution is 2.16. The van der Waals surface area contributed by atoms with E-state index in [2.05, 4.69) is 6.92 Å². The summed E-state index contributed by atoms with van der Waals surface area (Å²) in [6.07, 6.45) is 0.918. The van der Waals surface area contributed by atoms with E-state index in [9.17, 15) is 4.79 Å². The van der Waals surface area contributed by atoms with Crippen molar-refractivity contribution in [2.75, 3.05) is 24.7 Å². The van der Waals surface area contributed by atoms with Crippen molar-refractivity contribution >= 4 is 17.9 Å². The van der Waals surface area contributed by atoms with Crippen LogP contribution in [0.2, 0.25) is 0 Å². The number of ether oxygens (including phenoxy) is 1. The summed E-state index contributed by atoms with van der Waals surface area (Å²) in [6.45, 7) is 5.22. The van der Waals surface area contributed by atoms with Gasteiger partial charge in [0.1, 0.15) is 0 Å². The maximum absolute atomic E-state index is 11.5. The van der Waals surface area contributed by atoms with Gasteiger partial charge in [0.05, 0.1) is 6.61 Å². The van der Waals surface area contributed by atoms with Crippen LogP contribution in [-0.2, 0) is 4.74 Å². The Kier molecular flexibility index (Phi) is 4.42. The molecular weight excluding hydrogens is 186 g/mol. The van der Waals surface area contributed by atoms with Crippen molar-refractivity contribution in [3.05, 3.63) is 0 Å². The van der Waals surface area contributed by atoms with Crippen molar-refractivity contribution in [1.29, 1.82) is 0 Å². The number of nitrogens with zero attached hydrogens (tertiary/aromatic N) is 1. The van der Waals surface area contributed by atoms with E-state index < -0.39 is 0 Å². The van der Waals surface area contributed by atoms with Crippen LogP contribution in [-0.4, -0.2) is 41.7 Å². The second-order valence-electron chi connectivity index (χ2n) is 3.14. The summed E-state index contributed by atoms with van der Waals surface area (Å²) in [5.41, 5.74) is 0. The number of hydrogen-bond acceptors (Lipinski definition) is 3. The number of rotatable bonds is 1. The van der Waals surface area contributed by atoms with Gasteiger partial charge in [-0.05, 0) is 26.0 Å². The average Bonchev–Trinajstić information content (AvgIpc) is 2.30. The molecule has 1 atom stereocenters. The Hall–Kier alpha value is -0.380. The van der Waals surface area contributed by atoms with Crippen LogP contribution < -0.4 is 0 Å². The lowest BCUT2D eigenvalue weighted by Gasteiger charge is -2.25. The summed E-state index contributed by atoms with van der Waals surface area (Å²) < 4.78 is 4.99. The molecule has 4 heteroatoms. The Morgan fingerprint density at radius 2 is 2.38 bits per heavy atom. The second kappa shape index (κ2) is 5.37. The lowest BCUT2D eigenvalue weighted by atomic mass is 10.2. The number of carbonyl (C=O) groups excluding carboxylic acids is 1. The third kappa shape index (κ3) is 3.10. The van der Waals surface area contributed by atoms with Gasteiger partial charge in [-0.3, -0.25) is 0 Å². The topological polar surface area (TPSA) is 29.5 Å². The highest BCUT2D eigenvalue weighted by Gasteiger charge is 2.22. The van der Waals surface area contributed by atoms with Gasteiger partial charge >= 0.3 is 6.09 Å². The third-order valence-electron chi connectivity index (χ3n) is 2.19. The molecule has 1 amide bonds. The van der Waals surface area contributed by atoms with Gasteiger partial charge in [0.15, 0.2) is 0 Å². The molecule has 1 aliphatic heterocycles. The number of hydrogen-bond donors (Lipinski definition) is 0. The molecule has 1 rings (SSSR count). The first kappa shape index (κ1) is 10.7. The normalized spacial score (nSPS) is 23.8. The predicted molar refractivity (Wildman–Crippen MR) is 55.1 cm³/mol. The molecule has 3 nitrogen and oxygen atoms in total. The van der Waals surface area contributed by atoms with Crippen molar-refractivity contribution in [1.82, 2.24) is 4.90 Å². The molecule has 1 unspecified atom stereocenters. The molecule has 0 N–H and O–H groups in total. The summed E-state index contributed by atoms with van der Waals surface area (Å²) in [7, 11) is 0. The van der Waals surface area contributed by atoms with Crippen molar-refractivity contribution < 1.29 is 9.53 Å². The average molecular weight is 203 g/mol. The molecule has 0 aromatic carbocycles. The molecule has 0 aliphatic carbocycles. The second-order valence-corrected chi connectivity index (χ2v) is 4.37. The summed E-state index contributed by atoms with van der Waals surface area (Å²) in [5, 5.41) is 0. The van der Waals surface area contributed by atoms with Crippen LogP contribution in [0.25, 0.3) is 0 Å². The maximum Gasteiger partial charge on any atom is 0.410 e. The zero-order valence-corrected chi connectivity index (χ0v) is 9.10. The molecule has 0 aromatic rings. The molecule has 13 heavy (non-hydrogen) atoms. The Labute approximate surface area is 83.8 Å². The van der Waals surface area contributed by atoms with Crippen LogP contribution in [0.4, 0.5) is 4.79 Å². The summed E-state index contributed by atoms with van der Waals surface area (Å²) in [4.78, 5) is 13.3. The highest BCUT2D eigenvalue weighted by atomic mass is 32.2. The standard InChI is InChI=1S/C9H17NO2S/c1-3-12-9(11)10-5-7-13-6-4-8(10)2/h8H,3-7H2,1-2H3. The molecule has 1 saturated heterocycles. The first-order chi connectivity index (χ1) is 6.25. The highest BCUT2D eigenvalue weighted by molar-refractivity contribution is 7.99. The quantitative estimate of drug-likeness (QED) is 0.652. The first-order valence-electron chi connectivity index (χ1n) is 4.77. The van der Waals surface area contributed by atoms with Gasteiger partial charge in [-0.25, -0.2) is 4.79 Å². The molecule has 0 bridgehead atoms. The zero-order chi connectivity index (χ0) is 9.68. The molecule has 0 spiro atoms. The van der Waals surface area contributed by atoms with E-state index >= 15 is 0 Å². The van der Waals surface area contributed by atoms with Crippen LogP contribution in [0.3, 0.4) is 0 Å². The van der Waals surface area contributed by atoms with Gasteiger partial charge < -0.3 is 9.64 Å². The Bertz CT molecular complexity index is 175. The molecule has 0 radical (unpaired) electrons. The van der Waals surface area contributed by atoms with E-state index in [1.807, 2.05) is 23.6 Å². The lowest BCUT2D eigenvalue weighted by molar-refractivity contribution is 0.0961. The molecule has 1 aliphatic rings. The Morgan fingerprint density at radius 3 is 3.08 bits per heavy atom. The van der Waals surface area contributed by atoms with Crippen LogP contribution in [0.1, 0.15) is 20.3 Å². The van der Waals surface area contributed by atoms with Crippen LogP contribution >= 0.6 is 11.8 Å². The van der Waals surface area contributed by atoms with Crippen LogP contribution in [0.5, 0.6) is 0 Å². The summed E-state index contributed by atoms with van der Waals surface area (Å²) in [6, 6.07) is 0.328. The van der Waals surface area contributed by atoms with Crippen molar-refractivity contribution in [3.8, 4) is 0 Å². The van der Waals surface area contributed by atoms with Gasteiger partial charge in [-0.15, -0.1) is 0 Å². The predicted octanol–water partition coefficient (Wildman–Crippen LogP) is 1.97. The van der Waals surface area contributed by atoms with Gasteiger partial charge in [0, 0.05) is 18.3 Å². The maximum atomic E-state index is 11.5. The molecule has 1 heterocycles. The van der Waals surface area contributed by atoms with Gasteiger partial charge in [0.25, 0.3) is 0 Å². The molecule has 0 aromatic heterocycles. The molecule has 0 saturated carbocycles. The van der Waals surface area contributed by atoms with Crippen LogP contribution in [0.15, 0.2) is 0 Å². The van der Waals surface area contributed by atoms with Crippen molar-refractivity contribution in [3.63, 3.8) is 0 Å². The first-order valence-corrected chi connectivity index (χ1v) is 5.92. The number of amides is 1. The third-order valence-corrected chi connectivity index (χ3v) is 3.19. The number of thioether (sulfide) groups is 1. The Balaban J connectivity index is 2.48. The minimum absolute atomic E-state index is 0.155. The fraction of sp³-hybridized carbons (Fsp3) is 0.889. The van der Waals surface area contributed by atoms with Crippen molar-refractivity contribution in [2.24, 2.45) is 0 Å². The number of carbonyl (C=O) groups is 1. The summed E-state index contributed by atoms with van der Waals surface area (Å²) >= 11 is 1.91. The fourth-order valence-corrected chi connectivity index (χ4v) is 2.41. The minimum atomic E-state index is -0.155. The molecule has 76 valence electrons.